The number of allylic oxidation sites excluding steroid dienone is 6. The van der Waals surface area contributed by atoms with Gasteiger partial charge < -0.3 is 43.5 Å². The van der Waals surface area contributed by atoms with Crippen LogP contribution in [0.4, 0.5) is 4.79 Å². The van der Waals surface area contributed by atoms with Crippen LogP contribution in [0.1, 0.15) is 119 Å². The molecule has 0 radical (unpaired) electrons. The van der Waals surface area contributed by atoms with Crippen LogP contribution in [0.5, 0.6) is 0 Å². The van der Waals surface area contributed by atoms with Gasteiger partial charge in [0.05, 0.1) is 25.4 Å². The molecule has 15 atom stereocenters. The molecule has 0 aromatic carbocycles. The third kappa shape index (κ3) is 16.3. The number of aliphatic hydroxyl groups excluding tert-OH is 1. The highest BCUT2D eigenvalue weighted by atomic mass is 127. The van der Waals surface area contributed by atoms with Crippen LogP contribution in [0.15, 0.2) is 47.6 Å². The maximum atomic E-state index is 14.5. The Morgan fingerprint density at radius 3 is 2.28 bits per heavy atom. The standard InChI is InChI=1S/C53H81IN2O15/c1-31-17-13-12-14-18-38(54)27-35(5)47(59)48(67-10)46(58)34(4)25-32(2)41(57)30-44(33(3)26-37-21-23-42(45(28-37)66-9)70-52(63)55(7)68-11)69-51(62)40-19-15-16-24-56(40)50(61)49(60)53(64)36(6)20-22-39(71-53)29-43(31)65-8/h12-14,17-18,25,32-33,35-40,42-46,48,58,64H,15-16,19-24,26-30H2,1-11H3/b13-12+,18-14+,31-17+,34-25+/t32-,33-,35?,36?,37?,38-,39+,40?,42-,43+,44+,45?,46-,48?,53?/m1/s1. The number of ether oxygens (including phenoxy) is 6. The number of nitrogens with zero attached hydrogens (tertiary/aromatic N) is 2. The number of alkyl halides is 1. The van der Waals surface area contributed by atoms with E-state index in [9.17, 15) is 39.0 Å². The van der Waals surface area contributed by atoms with Crippen LogP contribution < -0.4 is 0 Å². The first-order valence-electron chi connectivity index (χ1n) is 25.2. The Morgan fingerprint density at radius 1 is 0.901 bits per heavy atom. The summed E-state index contributed by atoms with van der Waals surface area (Å²) in [6.07, 6.45) is 9.82. The lowest BCUT2D eigenvalue weighted by Crippen LogP contribution is -2.61. The molecule has 71 heavy (non-hydrogen) atoms. The molecular weight excluding hydrogens is 1030 g/mol. The average Bonchev–Trinajstić information content (AvgIpc) is 3.35. The van der Waals surface area contributed by atoms with Crippen molar-refractivity contribution in [3.05, 3.63) is 47.6 Å². The number of amides is 2. The molecule has 0 aromatic heterocycles. The Balaban J connectivity index is 1.69. The second-order valence-electron chi connectivity index (χ2n) is 20.2. The molecule has 18 heteroatoms. The molecule has 3 heterocycles. The van der Waals surface area contributed by atoms with Crippen LogP contribution in [0.25, 0.3) is 0 Å². The van der Waals surface area contributed by atoms with Crippen molar-refractivity contribution in [2.24, 2.45) is 29.6 Å². The van der Waals surface area contributed by atoms with Crippen LogP contribution in [0.2, 0.25) is 0 Å². The molecule has 1 aliphatic carbocycles. The highest BCUT2D eigenvalue weighted by Gasteiger charge is 2.53. The third-order valence-corrected chi connectivity index (χ3v) is 15.9. The number of fused-ring (bicyclic) bond motifs is 3. The van der Waals surface area contributed by atoms with E-state index in [1.54, 1.807) is 48.0 Å². The number of esters is 1. The molecule has 2 N–H and O–H groups in total. The molecule has 0 aromatic rings. The SMILES string of the molecule is COC1C(=O)C(C)C[C@H](I)/C=C/C=C/C=C(\C)[C@@H](OC)C[C@@H]2CCC(C)C(O)(O2)C(=O)C(=O)N2CCCCC2C(=O)O[C@H]([C@H](C)CC2CC[C@@H](OC(=O)N(C)OC)C(OC)C2)CC(=O)[C@H](C)/C=C(\C)[C@H]1O. The van der Waals surface area contributed by atoms with Gasteiger partial charge in [0.2, 0.25) is 5.79 Å². The molecule has 1 saturated carbocycles. The summed E-state index contributed by atoms with van der Waals surface area (Å²) in [6.45, 7) is 10.6. The minimum absolute atomic E-state index is 0.0240. The highest BCUT2D eigenvalue weighted by Crippen LogP contribution is 2.38. The van der Waals surface area contributed by atoms with Crippen LogP contribution >= 0.6 is 22.6 Å². The molecule has 17 nitrogen and oxygen atoms in total. The van der Waals surface area contributed by atoms with Crippen molar-refractivity contribution in [3.8, 4) is 0 Å². The minimum Gasteiger partial charge on any atom is -0.460 e. The van der Waals surface area contributed by atoms with Gasteiger partial charge in [0.1, 0.15) is 36.2 Å². The van der Waals surface area contributed by atoms with Gasteiger partial charge in [-0.05, 0) is 101 Å². The first-order valence-corrected chi connectivity index (χ1v) is 26.5. The molecule has 4 aliphatic rings. The fourth-order valence-electron chi connectivity index (χ4n) is 10.2. The number of aliphatic hydroxyl groups is 2. The summed E-state index contributed by atoms with van der Waals surface area (Å²) in [7, 11) is 7.29. The van der Waals surface area contributed by atoms with Gasteiger partial charge in [0.25, 0.3) is 11.7 Å². The van der Waals surface area contributed by atoms with Crippen molar-refractivity contribution >= 4 is 57.9 Å². The summed E-state index contributed by atoms with van der Waals surface area (Å²) < 4.78 is 35.3. The minimum atomic E-state index is -2.45. The molecule has 2 bridgehead atoms. The van der Waals surface area contributed by atoms with Crippen LogP contribution in [0.3, 0.4) is 0 Å². The van der Waals surface area contributed by atoms with Crippen molar-refractivity contribution in [3.63, 3.8) is 0 Å². The Morgan fingerprint density at radius 2 is 1.62 bits per heavy atom. The largest absolute Gasteiger partial charge is 0.460 e. The fourth-order valence-corrected chi connectivity index (χ4v) is 11.2. The molecule has 4 rings (SSSR count). The normalized spacial score (nSPS) is 37.9. The molecular formula is C53H81IN2O15. The lowest BCUT2D eigenvalue weighted by Gasteiger charge is -2.42. The van der Waals surface area contributed by atoms with E-state index in [0.717, 1.165) is 10.6 Å². The highest BCUT2D eigenvalue weighted by molar-refractivity contribution is 14.1. The fraction of sp³-hybridized carbons (Fsp3) is 0.736. The van der Waals surface area contributed by atoms with Gasteiger partial charge in [0, 0.05) is 69.4 Å². The second-order valence-corrected chi connectivity index (χ2v) is 21.8. The number of hydroxylamine groups is 2. The zero-order valence-electron chi connectivity index (χ0n) is 43.7. The number of Topliss-reactive ketones (excluding diaryl/α,β-unsaturated/α-hetero) is 3. The number of methoxy groups -OCH3 is 3. The van der Waals surface area contributed by atoms with Gasteiger partial charge in [-0.3, -0.25) is 24.0 Å². The Hall–Kier alpha value is -3.37. The molecule has 7 unspecified atom stereocenters. The number of rotatable bonds is 8. The second kappa shape index (κ2) is 28.3. The summed E-state index contributed by atoms with van der Waals surface area (Å²) in [6, 6.07) is -1.18. The Kier molecular flexibility index (Phi) is 24.0. The quantitative estimate of drug-likeness (QED) is 0.0626. The predicted octanol–water partition coefficient (Wildman–Crippen LogP) is 6.99. The summed E-state index contributed by atoms with van der Waals surface area (Å²) in [4.78, 5) is 89.8. The molecule has 400 valence electrons. The molecule has 0 spiro atoms. The first kappa shape index (κ1) is 60.2. The number of piperidine rings is 1. The zero-order chi connectivity index (χ0) is 52.7. The summed E-state index contributed by atoms with van der Waals surface area (Å²) in [5, 5.41) is 24.5. The maximum Gasteiger partial charge on any atom is 0.434 e. The van der Waals surface area contributed by atoms with Crippen LogP contribution in [-0.2, 0) is 57.2 Å². The number of carbonyl (C=O) groups is 6. The summed E-state index contributed by atoms with van der Waals surface area (Å²) in [5.74, 6) is -8.36. The van der Waals surface area contributed by atoms with Crippen molar-refractivity contribution in [2.75, 3.05) is 42.0 Å². The number of carbonyl (C=O) groups excluding carboxylic acids is 6. The number of ketones is 3. The molecule has 2 amide bonds. The van der Waals surface area contributed by atoms with Gasteiger partial charge in [-0.25, -0.2) is 9.59 Å². The van der Waals surface area contributed by atoms with E-state index in [1.807, 2.05) is 44.2 Å². The van der Waals surface area contributed by atoms with Crippen molar-refractivity contribution < 1.29 is 72.2 Å². The molecule has 3 fully saturated rings. The average molecular weight is 1110 g/mol. The van der Waals surface area contributed by atoms with E-state index in [1.165, 1.54) is 26.2 Å². The number of cyclic esters (lactones) is 1. The van der Waals surface area contributed by atoms with Crippen LogP contribution in [-0.4, -0.2) is 156 Å². The monoisotopic (exact) mass is 1110 g/mol. The first-order chi connectivity index (χ1) is 33.6. The Labute approximate surface area is 434 Å². The number of halogens is 1. The van der Waals surface area contributed by atoms with E-state index in [-0.39, 0.29) is 40.8 Å². The van der Waals surface area contributed by atoms with Gasteiger partial charge in [-0.1, -0.05) is 86.7 Å². The molecule has 3 aliphatic heterocycles. The van der Waals surface area contributed by atoms with E-state index >= 15 is 0 Å². The van der Waals surface area contributed by atoms with E-state index in [4.69, 9.17) is 33.3 Å². The van der Waals surface area contributed by atoms with E-state index in [2.05, 4.69) is 22.6 Å². The van der Waals surface area contributed by atoms with Gasteiger partial charge >= 0.3 is 12.1 Å². The van der Waals surface area contributed by atoms with E-state index in [0.29, 0.717) is 69.8 Å². The predicted molar refractivity (Wildman–Crippen MR) is 273 cm³/mol. The van der Waals surface area contributed by atoms with Crippen molar-refractivity contribution in [1.82, 2.24) is 9.96 Å². The van der Waals surface area contributed by atoms with Crippen molar-refractivity contribution in [1.29, 1.82) is 0 Å². The van der Waals surface area contributed by atoms with Gasteiger partial charge in [0.15, 0.2) is 5.78 Å². The van der Waals surface area contributed by atoms with Crippen molar-refractivity contribution in [2.45, 2.75) is 177 Å². The maximum absolute atomic E-state index is 14.5. The topological polar surface area (TPSA) is 214 Å². The Bertz CT molecular complexity index is 1960. The lowest BCUT2D eigenvalue weighted by molar-refractivity contribution is -0.265. The summed E-state index contributed by atoms with van der Waals surface area (Å²) in [5.41, 5.74) is 1.23. The zero-order valence-corrected chi connectivity index (χ0v) is 45.9. The lowest BCUT2D eigenvalue weighted by atomic mass is 9.78. The number of hydrogen-bond donors (Lipinski definition) is 2. The number of hydrogen-bond acceptors (Lipinski definition) is 15. The smallest absolute Gasteiger partial charge is 0.434 e. The molecule has 2 saturated heterocycles. The van der Waals surface area contributed by atoms with E-state index < -0.39 is 102 Å². The van der Waals surface area contributed by atoms with Gasteiger partial charge in [-0.15, -0.1) is 0 Å². The third-order valence-electron chi connectivity index (χ3n) is 15.0. The van der Waals surface area contributed by atoms with Gasteiger partial charge in [-0.2, -0.15) is 5.06 Å². The summed E-state index contributed by atoms with van der Waals surface area (Å²) >= 11 is 2.26. The van der Waals surface area contributed by atoms with Crippen LogP contribution in [0, 0.1) is 29.6 Å².